The number of benzene rings is 1. The number of hydrogen-bond donors (Lipinski definition) is 2. The molecule has 2 aromatic heterocycles. The Morgan fingerprint density at radius 2 is 1.76 bits per heavy atom. The summed E-state index contributed by atoms with van der Waals surface area (Å²) in [5.74, 6) is -0.870. The van der Waals surface area contributed by atoms with Gasteiger partial charge in [-0.05, 0) is 36.6 Å². The molecule has 3 aromatic rings. The molecule has 0 aliphatic carbocycles. The van der Waals surface area contributed by atoms with Crippen molar-refractivity contribution in [1.82, 2.24) is 20.0 Å². The van der Waals surface area contributed by atoms with Gasteiger partial charge in [0.05, 0.1) is 5.52 Å². The van der Waals surface area contributed by atoms with Gasteiger partial charge in [0.1, 0.15) is 5.82 Å². The third-order valence-electron chi connectivity index (χ3n) is 4.67. The molecule has 0 radical (unpaired) electrons. The molecule has 0 fully saturated rings. The second-order valence-corrected chi connectivity index (χ2v) is 6.80. The fourth-order valence-corrected chi connectivity index (χ4v) is 3.12. The summed E-state index contributed by atoms with van der Waals surface area (Å²) >= 11 is 0. The molecule has 29 heavy (non-hydrogen) atoms. The third-order valence-corrected chi connectivity index (χ3v) is 4.67. The van der Waals surface area contributed by atoms with Crippen LogP contribution in [0, 0.1) is 5.82 Å². The number of aromatic nitrogens is 2. The molecule has 6 nitrogen and oxygen atoms in total. The van der Waals surface area contributed by atoms with Gasteiger partial charge < -0.3 is 10.6 Å². The van der Waals surface area contributed by atoms with Gasteiger partial charge in [-0.2, -0.15) is 0 Å². The van der Waals surface area contributed by atoms with E-state index in [1.807, 2.05) is 0 Å². The molecule has 3 rings (SSSR count). The number of fused-ring (bicyclic) bond motifs is 1. The van der Waals surface area contributed by atoms with E-state index in [-0.39, 0.29) is 29.8 Å². The molecule has 0 saturated carbocycles. The maximum atomic E-state index is 13.7. The van der Waals surface area contributed by atoms with E-state index >= 15 is 0 Å². The van der Waals surface area contributed by atoms with Gasteiger partial charge in [0.2, 0.25) is 5.82 Å². The summed E-state index contributed by atoms with van der Waals surface area (Å²) in [6.45, 7) is 2.94. The summed E-state index contributed by atoms with van der Waals surface area (Å²) in [6.07, 6.45) is 5.08. The quantitative estimate of drug-likeness (QED) is 0.545. The first-order valence-corrected chi connectivity index (χ1v) is 9.88. The molecule has 0 saturated heterocycles. The third kappa shape index (κ3) is 4.99. The van der Waals surface area contributed by atoms with E-state index in [2.05, 4.69) is 22.5 Å². The molecule has 0 bridgehead atoms. The largest absolute Gasteiger partial charge is 0.351 e. The number of nitrogens with zero attached hydrogens (tertiary/aromatic N) is 2. The van der Waals surface area contributed by atoms with Crippen molar-refractivity contribution in [3.63, 3.8) is 0 Å². The highest BCUT2D eigenvalue weighted by molar-refractivity contribution is 6.02. The van der Waals surface area contributed by atoms with Crippen LogP contribution < -0.4 is 10.6 Å². The number of nitrogens with one attached hydrogen (secondary N) is 2. The molecule has 0 atom stereocenters. The summed E-state index contributed by atoms with van der Waals surface area (Å²) in [6, 6.07) is 11.8. The lowest BCUT2D eigenvalue weighted by Crippen LogP contribution is -2.28. The van der Waals surface area contributed by atoms with Crippen molar-refractivity contribution in [2.24, 2.45) is 0 Å². The Hall–Kier alpha value is -3.22. The Morgan fingerprint density at radius 3 is 2.55 bits per heavy atom. The monoisotopic (exact) mass is 396 g/mol. The lowest BCUT2D eigenvalue weighted by atomic mass is 10.1. The first kappa shape index (κ1) is 20.5. The number of amides is 2. The number of hydrogen-bond acceptors (Lipinski definition) is 3. The summed E-state index contributed by atoms with van der Waals surface area (Å²) in [5.41, 5.74) is 1.33. The van der Waals surface area contributed by atoms with Gasteiger partial charge >= 0.3 is 0 Å². The van der Waals surface area contributed by atoms with Crippen LogP contribution in [-0.4, -0.2) is 34.3 Å². The first-order valence-electron chi connectivity index (χ1n) is 9.88. The van der Waals surface area contributed by atoms with Gasteiger partial charge in [0, 0.05) is 19.3 Å². The van der Waals surface area contributed by atoms with Gasteiger partial charge in [-0.15, -0.1) is 0 Å². The molecule has 152 valence electrons. The fourth-order valence-electron chi connectivity index (χ4n) is 3.12. The van der Waals surface area contributed by atoms with Crippen LogP contribution in [0.15, 0.2) is 48.7 Å². The Morgan fingerprint density at radius 1 is 1.00 bits per heavy atom. The van der Waals surface area contributed by atoms with Crippen LogP contribution in [0.2, 0.25) is 0 Å². The van der Waals surface area contributed by atoms with E-state index in [1.54, 1.807) is 47.0 Å². The van der Waals surface area contributed by atoms with Crippen molar-refractivity contribution in [3.8, 4) is 0 Å². The number of carbonyl (C=O) groups is 2. The zero-order valence-corrected chi connectivity index (χ0v) is 16.5. The summed E-state index contributed by atoms with van der Waals surface area (Å²) in [5, 5.41) is 5.62. The number of rotatable bonds is 9. The predicted molar refractivity (Wildman–Crippen MR) is 109 cm³/mol. The van der Waals surface area contributed by atoms with Crippen molar-refractivity contribution in [1.29, 1.82) is 0 Å². The minimum Gasteiger partial charge on any atom is -0.351 e. The summed E-state index contributed by atoms with van der Waals surface area (Å²) in [7, 11) is 0. The minimum atomic E-state index is -0.410. The van der Waals surface area contributed by atoms with Crippen molar-refractivity contribution < 1.29 is 14.0 Å². The standard InChI is InChI=1S/C22H25FN4O2/c1-2-3-7-13-24-21(28)19-18-11-6-8-15-27(18)20(26-19)22(29)25-14-12-16-9-4-5-10-17(16)23/h4-6,8-11,15H,2-3,7,12-14H2,1H3,(H,24,28)(H,25,29). The van der Waals surface area contributed by atoms with Crippen molar-refractivity contribution in [3.05, 3.63) is 71.6 Å². The normalized spacial score (nSPS) is 10.8. The predicted octanol–water partition coefficient (Wildman–Crippen LogP) is 3.37. The molecule has 0 aliphatic rings. The van der Waals surface area contributed by atoms with Crippen LogP contribution in [0.3, 0.4) is 0 Å². The highest BCUT2D eigenvalue weighted by Crippen LogP contribution is 2.14. The maximum Gasteiger partial charge on any atom is 0.287 e. The first-order chi connectivity index (χ1) is 14.1. The average Bonchev–Trinajstić information content (AvgIpc) is 3.12. The Kier molecular flexibility index (Phi) is 6.94. The van der Waals surface area contributed by atoms with E-state index in [1.165, 1.54) is 6.07 Å². The van der Waals surface area contributed by atoms with Crippen molar-refractivity contribution in [2.75, 3.05) is 13.1 Å². The van der Waals surface area contributed by atoms with E-state index < -0.39 is 5.91 Å². The second-order valence-electron chi connectivity index (χ2n) is 6.80. The van der Waals surface area contributed by atoms with Gasteiger partial charge in [0.15, 0.2) is 5.69 Å². The second kappa shape index (κ2) is 9.82. The van der Waals surface area contributed by atoms with E-state index in [9.17, 15) is 14.0 Å². The van der Waals surface area contributed by atoms with Crippen LogP contribution in [-0.2, 0) is 6.42 Å². The zero-order chi connectivity index (χ0) is 20.6. The van der Waals surface area contributed by atoms with Crippen LogP contribution in [0.25, 0.3) is 5.52 Å². The van der Waals surface area contributed by atoms with Gasteiger partial charge in [-0.3, -0.25) is 14.0 Å². The zero-order valence-electron chi connectivity index (χ0n) is 16.5. The van der Waals surface area contributed by atoms with E-state index in [0.29, 0.717) is 24.0 Å². The van der Waals surface area contributed by atoms with Crippen LogP contribution in [0.1, 0.15) is 52.9 Å². The smallest absolute Gasteiger partial charge is 0.287 e. The summed E-state index contributed by atoms with van der Waals surface area (Å²) in [4.78, 5) is 29.5. The molecule has 2 amide bonds. The summed E-state index contributed by atoms with van der Waals surface area (Å²) < 4.78 is 15.3. The molecule has 2 heterocycles. The fraction of sp³-hybridized carbons (Fsp3) is 0.318. The Bertz CT molecular complexity index is 999. The maximum absolute atomic E-state index is 13.7. The van der Waals surface area contributed by atoms with Crippen LogP contribution >= 0.6 is 0 Å². The Labute approximate surface area is 169 Å². The van der Waals surface area contributed by atoms with Gasteiger partial charge in [-0.1, -0.05) is 44.0 Å². The molecule has 0 unspecified atom stereocenters. The molecular weight excluding hydrogens is 371 g/mol. The van der Waals surface area contributed by atoms with Gasteiger partial charge in [0.25, 0.3) is 11.8 Å². The van der Waals surface area contributed by atoms with Crippen molar-refractivity contribution >= 4 is 17.3 Å². The number of pyridine rings is 1. The molecular formula is C22H25FN4O2. The Balaban J connectivity index is 1.71. The van der Waals surface area contributed by atoms with Gasteiger partial charge in [-0.25, -0.2) is 9.37 Å². The SMILES string of the molecule is CCCCCNC(=O)c1nc(C(=O)NCCc2ccccc2F)n2ccccc12. The van der Waals surface area contributed by atoms with Crippen LogP contribution in [0.5, 0.6) is 0 Å². The highest BCUT2D eigenvalue weighted by atomic mass is 19.1. The lowest BCUT2D eigenvalue weighted by molar-refractivity contribution is 0.0943. The minimum absolute atomic E-state index is 0.132. The van der Waals surface area contributed by atoms with E-state index in [0.717, 1.165) is 19.3 Å². The number of carbonyl (C=O) groups excluding carboxylic acids is 2. The topological polar surface area (TPSA) is 75.5 Å². The number of halogens is 1. The molecule has 1 aromatic carbocycles. The van der Waals surface area contributed by atoms with E-state index in [4.69, 9.17) is 0 Å². The highest BCUT2D eigenvalue weighted by Gasteiger charge is 2.21. The molecule has 0 spiro atoms. The lowest BCUT2D eigenvalue weighted by Gasteiger charge is -2.05. The average molecular weight is 396 g/mol. The molecule has 0 aliphatic heterocycles. The van der Waals surface area contributed by atoms with Crippen LogP contribution in [0.4, 0.5) is 4.39 Å². The molecule has 7 heteroatoms. The van der Waals surface area contributed by atoms with Crippen molar-refractivity contribution in [2.45, 2.75) is 32.6 Å². The number of imidazole rings is 1. The molecule has 2 N–H and O–H groups in total. The number of unbranched alkanes of at least 4 members (excludes halogenated alkanes) is 2.